The highest BCUT2D eigenvalue weighted by atomic mass is 15.2. The van der Waals surface area contributed by atoms with Crippen LogP contribution in [-0.2, 0) is 0 Å². The van der Waals surface area contributed by atoms with E-state index in [-0.39, 0.29) is 0 Å². The maximum atomic E-state index is 3.67. The summed E-state index contributed by atoms with van der Waals surface area (Å²) in [6.07, 6.45) is 11.4. The molecule has 1 aliphatic heterocycles. The van der Waals surface area contributed by atoms with Gasteiger partial charge in [-0.25, -0.2) is 0 Å². The molecule has 1 saturated carbocycles. The minimum absolute atomic E-state index is 0.760. The highest BCUT2D eigenvalue weighted by molar-refractivity contribution is 4.82. The van der Waals surface area contributed by atoms with Crippen LogP contribution >= 0.6 is 0 Å². The van der Waals surface area contributed by atoms with Gasteiger partial charge in [0, 0.05) is 18.6 Å². The first kappa shape index (κ1) is 13.4. The van der Waals surface area contributed by atoms with Crippen LogP contribution in [-0.4, -0.2) is 37.1 Å². The molecular weight excluding hydrogens is 208 g/mol. The lowest BCUT2D eigenvalue weighted by atomic mass is 9.83. The average molecular weight is 238 g/mol. The molecule has 0 spiro atoms. The zero-order valence-electron chi connectivity index (χ0n) is 11.8. The number of rotatable bonds is 4. The Labute approximate surface area is 107 Å². The molecule has 100 valence electrons. The van der Waals surface area contributed by atoms with Crippen LogP contribution in [0.25, 0.3) is 0 Å². The minimum atomic E-state index is 0.760. The van der Waals surface area contributed by atoms with Crippen LogP contribution in [0.2, 0.25) is 0 Å². The smallest absolute Gasteiger partial charge is 0.0195 e. The molecule has 1 heterocycles. The second-order valence-electron chi connectivity index (χ2n) is 6.18. The molecule has 2 aliphatic rings. The first-order valence-corrected chi connectivity index (χ1v) is 7.73. The molecule has 1 aliphatic carbocycles. The number of piperidine rings is 1. The van der Waals surface area contributed by atoms with E-state index in [1.54, 1.807) is 0 Å². The zero-order valence-corrected chi connectivity index (χ0v) is 11.8. The number of nitrogens with one attached hydrogen (secondary N) is 1. The lowest BCUT2D eigenvalue weighted by molar-refractivity contribution is 0.138. The van der Waals surface area contributed by atoms with Crippen molar-refractivity contribution in [3.05, 3.63) is 0 Å². The highest BCUT2D eigenvalue weighted by Gasteiger charge is 2.25. The van der Waals surface area contributed by atoms with Gasteiger partial charge in [-0.15, -0.1) is 0 Å². The van der Waals surface area contributed by atoms with E-state index in [0.717, 1.165) is 18.0 Å². The van der Waals surface area contributed by atoms with Gasteiger partial charge in [-0.3, -0.25) is 0 Å². The molecule has 2 heteroatoms. The van der Waals surface area contributed by atoms with E-state index in [9.17, 15) is 0 Å². The van der Waals surface area contributed by atoms with E-state index < -0.39 is 0 Å². The number of likely N-dealkylation sites (N-methyl/N-ethyl adjacent to an activating group) is 1. The first-order chi connectivity index (χ1) is 8.29. The third-order valence-electron chi connectivity index (χ3n) is 4.88. The Morgan fingerprint density at radius 3 is 2.71 bits per heavy atom. The van der Waals surface area contributed by atoms with Gasteiger partial charge >= 0.3 is 0 Å². The Kier molecular flexibility index (Phi) is 5.30. The lowest BCUT2D eigenvalue weighted by Crippen LogP contribution is -2.46. The van der Waals surface area contributed by atoms with Crippen LogP contribution in [0, 0.1) is 5.92 Å². The number of hydrogen-bond acceptors (Lipinski definition) is 2. The van der Waals surface area contributed by atoms with Crippen LogP contribution in [0.15, 0.2) is 0 Å². The van der Waals surface area contributed by atoms with E-state index in [1.165, 1.54) is 64.5 Å². The molecule has 2 rings (SSSR count). The largest absolute Gasteiger partial charge is 0.313 e. The van der Waals surface area contributed by atoms with Gasteiger partial charge < -0.3 is 10.2 Å². The molecule has 0 radical (unpaired) electrons. The minimum Gasteiger partial charge on any atom is -0.313 e. The molecule has 2 fully saturated rings. The maximum absolute atomic E-state index is 3.67. The predicted molar refractivity (Wildman–Crippen MR) is 74.3 cm³/mol. The van der Waals surface area contributed by atoms with Crippen molar-refractivity contribution in [1.82, 2.24) is 10.2 Å². The Balaban J connectivity index is 1.75. The fourth-order valence-electron chi connectivity index (χ4n) is 3.61. The summed E-state index contributed by atoms with van der Waals surface area (Å²) < 4.78 is 0. The summed E-state index contributed by atoms with van der Waals surface area (Å²) in [7, 11) is 2.35. The highest BCUT2D eigenvalue weighted by Crippen LogP contribution is 2.29. The van der Waals surface area contributed by atoms with Crippen LogP contribution in [0.3, 0.4) is 0 Å². The van der Waals surface area contributed by atoms with E-state index in [1.807, 2.05) is 0 Å². The van der Waals surface area contributed by atoms with Crippen LogP contribution in [0.4, 0.5) is 0 Å². The second-order valence-corrected chi connectivity index (χ2v) is 6.18. The van der Waals surface area contributed by atoms with Crippen LogP contribution in [0.1, 0.15) is 58.3 Å². The fourth-order valence-corrected chi connectivity index (χ4v) is 3.61. The standard InChI is InChI=1S/C15H30N2/c1-3-13-7-6-9-15(11-13)17(2)12-14-8-4-5-10-16-14/h13-16H,3-12H2,1-2H3. The lowest BCUT2D eigenvalue weighted by Gasteiger charge is -2.37. The van der Waals surface area contributed by atoms with Crippen molar-refractivity contribution in [3.63, 3.8) is 0 Å². The molecule has 0 aromatic heterocycles. The molecule has 0 amide bonds. The Hall–Kier alpha value is -0.0800. The van der Waals surface area contributed by atoms with Gasteiger partial charge in [0.15, 0.2) is 0 Å². The van der Waals surface area contributed by atoms with Crippen LogP contribution in [0.5, 0.6) is 0 Å². The van der Waals surface area contributed by atoms with Gasteiger partial charge in [0.25, 0.3) is 0 Å². The summed E-state index contributed by atoms with van der Waals surface area (Å²) in [5.74, 6) is 0.996. The number of nitrogens with zero attached hydrogens (tertiary/aromatic N) is 1. The molecule has 2 nitrogen and oxygen atoms in total. The Morgan fingerprint density at radius 2 is 2.00 bits per heavy atom. The fraction of sp³-hybridized carbons (Fsp3) is 1.00. The van der Waals surface area contributed by atoms with Gasteiger partial charge in [0.1, 0.15) is 0 Å². The molecule has 1 N–H and O–H groups in total. The van der Waals surface area contributed by atoms with Crippen molar-refractivity contribution in [1.29, 1.82) is 0 Å². The van der Waals surface area contributed by atoms with E-state index in [2.05, 4.69) is 24.2 Å². The normalized spacial score (nSPS) is 35.1. The molecule has 0 bridgehead atoms. The van der Waals surface area contributed by atoms with Gasteiger partial charge in [0.2, 0.25) is 0 Å². The summed E-state index contributed by atoms with van der Waals surface area (Å²) in [4.78, 5) is 2.64. The Morgan fingerprint density at radius 1 is 1.12 bits per heavy atom. The van der Waals surface area contributed by atoms with Gasteiger partial charge in [-0.05, 0) is 45.2 Å². The van der Waals surface area contributed by atoms with Gasteiger partial charge in [0.05, 0.1) is 0 Å². The van der Waals surface area contributed by atoms with E-state index in [0.29, 0.717) is 0 Å². The van der Waals surface area contributed by atoms with Crippen molar-refractivity contribution in [2.75, 3.05) is 20.1 Å². The van der Waals surface area contributed by atoms with Crippen molar-refractivity contribution < 1.29 is 0 Å². The van der Waals surface area contributed by atoms with Crippen molar-refractivity contribution >= 4 is 0 Å². The predicted octanol–water partition coefficient (Wildman–Crippen LogP) is 3.03. The molecule has 0 aromatic rings. The van der Waals surface area contributed by atoms with Crippen molar-refractivity contribution in [2.24, 2.45) is 5.92 Å². The van der Waals surface area contributed by atoms with E-state index >= 15 is 0 Å². The Bertz CT molecular complexity index is 211. The summed E-state index contributed by atoms with van der Waals surface area (Å²) in [5.41, 5.74) is 0. The first-order valence-electron chi connectivity index (χ1n) is 7.73. The summed E-state index contributed by atoms with van der Waals surface area (Å²) in [6.45, 7) is 4.86. The summed E-state index contributed by atoms with van der Waals surface area (Å²) >= 11 is 0. The topological polar surface area (TPSA) is 15.3 Å². The third kappa shape index (κ3) is 3.96. The van der Waals surface area contributed by atoms with Gasteiger partial charge in [-0.1, -0.05) is 32.6 Å². The molecule has 3 atom stereocenters. The van der Waals surface area contributed by atoms with Crippen LogP contribution < -0.4 is 5.32 Å². The van der Waals surface area contributed by atoms with Gasteiger partial charge in [-0.2, -0.15) is 0 Å². The molecule has 3 unspecified atom stereocenters. The monoisotopic (exact) mass is 238 g/mol. The zero-order chi connectivity index (χ0) is 12.1. The average Bonchev–Trinajstić information content (AvgIpc) is 2.40. The maximum Gasteiger partial charge on any atom is 0.0195 e. The van der Waals surface area contributed by atoms with Crippen molar-refractivity contribution in [2.45, 2.75) is 70.4 Å². The molecule has 1 saturated heterocycles. The number of hydrogen-bond donors (Lipinski definition) is 1. The summed E-state index contributed by atoms with van der Waals surface area (Å²) in [5, 5.41) is 3.67. The summed E-state index contributed by atoms with van der Waals surface area (Å²) in [6, 6.07) is 1.62. The quantitative estimate of drug-likeness (QED) is 0.810. The van der Waals surface area contributed by atoms with Crippen molar-refractivity contribution in [3.8, 4) is 0 Å². The molecule has 0 aromatic carbocycles. The van der Waals surface area contributed by atoms with E-state index in [4.69, 9.17) is 0 Å². The molecular formula is C15H30N2. The second kappa shape index (κ2) is 6.75. The molecule has 17 heavy (non-hydrogen) atoms. The SMILES string of the molecule is CCC1CCCC(N(C)CC2CCCCN2)C1. The third-order valence-corrected chi connectivity index (χ3v) is 4.88.